The molecule has 2 aromatic rings. The van der Waals surface area contributed by atoms with Crippen LogP contribution >= 0.6 is 11.3 Å². The molecule has 0 radical (unpaired) electrons. The third kappa shape index (κ3) is 3.14. The van der Waals surface area contributed by atoms with Crippen molar-refractivity contribution in [1.82, 2.24) is 14.8 Å². The maximum Gasteiger partial charge on any atom is 0.138 e. The van der Waals surface area contributed by atoms with E-state index in [1.165, 1.54) is 5.56 Å². The fourth-order valence-electron chi connectivity index (χ4n) is 1.75. The Kier molecular flexibility index (Phi) is 3.91. The quantitative estimate of drug-likeness (QED) is 0.885. The van der Waals surface area contributed by atoms with Crippen LogP contribution in [0.4, 0.5) is 0 Å². The van der Waals surface area contributed by atoms with Crippen molar-refractivity contribution < 1.29 is 0 Å². The normalized spacial score (nSPS) is 13.2. The fraction of sp³-hybridized carbons (Fsp3) is 0.500. The molecule has 2 heterocycles. The minimum atomic E-state index is 0.0105. The van der Waals surface area contributed by atoms with E-state index in [9.17, 15) is 0 Å². The van der Waals surface area contributed by atoms with Crippen LogP contribution in [0.3, 0.4) is 0 Å². The van der Waals surface area contributed by atoms with E-state index in [2.05, 4.69) is 35.4 Å². The van der Waals surface area contributed by atoms with Gasteiger partial charge in [0.2, 0.25) is 0 Å². The summed E-state index contributed by atoms with van der Waals surface area (Å²) in [6.45, 7) is 5.24. The molecule has 4 nitrogen and oxygen atoms in total. The lowest BCUT2D eigenvalue weighted by Gasteiger charge is -2.12. The molecule has 1 unspecified atom stereocenters. The Balaban J connectivity index is 2.06. The molecule has 17 heavy (non-hydrogen) atoms. The molecule has 0 amide bonds. The van der Waals surface area contributed by atoms with Gasteiger partial charge in [0.1, 0.15) is 12.2 Å². The van der Waals surface area contributed by atoms with Crippen LogP contribution in [0.5, 0.6) is 0 Å². The Morgan fingerprint density at radius 3 is 2.94 bits per heavy atom. The molecule has 0 bridgehead atoms. The first-order valence-electron chi connectivity index (χ1n) is 5.81. The van der Waals surface area contributed by atoms with Gasteiger partial charge in [-0.3, -0.25) is 0 Å². The molecule has 2 aromatic heterocycles. The highest BCUT2D eigenvalue weighted by Crippen LogP contribution is 2.17. The van der Waals surface area contributed by atoms with Gasteiger partial charge in [-0.15, -0.1) is 0 Å². The number of hydrogen-bond donors (Lipinski definition) is 1. The van der Waals surface area contributed by atoms with Crippen LogP contribution < -0.4 is 5.73 Å². The molecule has 0 fully saturated rings. The van der Waals surface area contributed by atoms with Gasteiger partial charge in [-0.25, -0.2) is 9.67 Å². The summed E-state index contributed by atoms with van der Waals surface area (Å²) in [5.41, 5.74) is 7.33. The monoisotopic (exact) mass is 250 g/mol. The third-order valence-electron chi connectivity index (χ3n) is 2.61. The highest BCUT2D eigenvalue weighted by molar-refractivity contribution is 7.07. The molecule has 0 saturated carbocycles. The minimum Gasteiger partial charge on any atom is -0.324 e. The van der Waals surface area contributed by atoms with Gasteiger partial charge in [-0.2, -0.15) is 16.4 Å². The molecule has 2 N–H and O–H groups in total. The lowest BCUT2D eigenvalue weighted by atomic mass is 10.1. The number of hydrogen-bond acceptors (Lipinski definition) is 4. The lowest BCUT2D eigenvalue weighted by molar-refractivity contribution is 0.459. The Bertz CT molecular complexity index is 447. The molecule has 0 aliphatic rings. The van der Waals surface area contributed by atoms with Crippen LogP contribution in [0.15, 0.2) is 23.2 Å². The van der Waals surface area contributed by atoms with Crippen molar-refractivity contribution >= 4 is 11.3 Å². The van der Waals surface area contributed by atoms with E-state index in [1.54, 1.807) is 17.7 Å². The zero-order valence-corrected chi connectivity index (χ0v) is 11.0. The molecule has 0 spiro atoms. The van der Waals surface area contributed by atoms with Crippen LogP contribution in [0, 0.1) is 5.92 Å². The minimum absolute atomic E-state index is 0.0105. The van der Waals surface area contributed by atoms with Gasteiger partial charge in [0.05, 0.1) is 0 Å². The molecule has 0 aromatic carbocycles. The first-order valence-corrected chi connectivity index (χ1v) is 6.75. The zero-order valence-electron chi connectivity index (χ0n) is 10.2. The van der Waals surface area contributed by atoms with Gasteiger partial charge in [0, 0.05) is 19.0 Å². The van der Waals surface area contributed by atoms with E-state index >= 15 is 0 Å². The number of aromatic nitrogens is 3. The van der Waals surface area contributed by atoms with E-state index < -0.39 is 0 Å². The van der Waals surface area contributed by atoms with E-state index in [0.717, 1.165) is 18.8 Å². The summed E-state index contributed by atoms with van der Waals surface area (Å²) < 4.78 is 1.96. The number of nitrogens with zero attached hydrogens (tertiary/aromatic N) is 3. The Morgan fingerprint density at radius 2 is 2.29 bits per heavy atom. The first-order chi connectivity index (χ1) is 8.16. The second-order valence-electron chi connectivity index (χ2n) is 4.62. The van der Waals surface area contributed by atoms with Gasteiger partial charge < -0.3 is 5.73 Å². The van der Waals surface area contributed by atoms with E-state index in [1.807, 2.05) is 10.1 Å². The highest BCUT2D eigenvalue weighted by Gasteiger charge is 2.12. The van der Waals surface area contributed by atoms with Crippen molar-refractivity contribution in [2.24, 2.45) is 11.7 Å². The molecule has 0 aliphatic heterocycles. The molecule has 1 atom stereocenters. The largest absolute Gasteiger partial charge is 0.324 e. The number of nitrogens with two attached hydrogens (primary N) is 1. The van der Waals surface area contributed by atoms with E-state index in [4.69, 9.17) is 5.73 Å². The predicted octanol–water partition coefficient (Wildman–Crippen LogP) is 2.24. The Hall–Kier alpha value is -1.20. The maximum absolute atomic E-state index is 6.16. The molecule has 0 saturated heterocycles. The molecular weight excluding hydrogens is 232 g/mol. The van der Waals surface area contributed by atoms with Crippen LogP contribution in [0.1, 0.15) is 31.3 Å². The molecule has 5 heteroatoms. The maximum atomic E-state index is 6.16. The van der Waals surface area contributed by atoms with Crippen LogP contribution in [-0.4, -0.2) is 14.8 Å². The second kappa shape index (κ2) is 5.42. The summed E-state index contributed by atoms with van der Waals surface area (Å²) in [4.78, 5) is 4.29. The molecule has 0 aliphatic carbocycles. The van der Waals surface area contributed by atoms with E-state index in [0.29, 0.717) is 5.92 Å². The summed E-state index contributed by atoms with van der Waals surface area (Å²) in [7, 11) is 0. The molecule has 2 rings (SSSR count). The molecular formula is C12H18N4S. The second-order valence-corrected chi connectivity index (χ2v) is 5.40. The van der Waals surface area contributed by atoms with Gasteiger partial charge >= 0.3 is 0 Å². The van der Waals surface area contributed by atoms with Crippen molar-refractivity contribution in [3.05, 3.63) is 34.5 Å². The topological polar surface area (TPSA) is 56.7 Å². The summed E-state index contributed by atoms with van der Waals surface area (Å²) >= 11 is 1.67. The van der Waals surface area contributed by atoms with Crippen molar-refractivity contribution in [3.8, 4) is 0 Å². The SMILES string of the molecule is CC(C)Cn1ncnc1CC(N)c1ccsc1. The first kappa shape index (κ1) is 12.3. The average molecular weight is 250 g/mol. The summed E-state index contributed by atoms with van der Waals surface area (Å²) in [5.74, 6) is 1.53. The smallest absolute Gasteiger partial charge is 0.138 e. The summed E-state index contributed by atoms with van der Waals surface area (Å²) in [6, 6.07) is 2.08. The van der Waals surface area contributed by atoms with Crippen molar-refractivity contribution in [1.29, 1.82) is 0 Å². The van der Waals surface area contributed by atoms with Gasteiger partial charge in [-0.1, -0.05) is 13.8 Å². The van der Waals surface area contributed by atoms with Crippen molar-refractivity contribution in [3.63, 3.8) is 0 Å². The predicted molar refractivity (Wildman–Crippen MR) is 69.8 cm³/mol. The highest BCUT2D eigenvalue weighted by atomic mass is 32.1. The number of rotatable bonds is 5. The van der Waals surface area contributed by atoms with Crippen molar-refractivity contribution in [2.45, 2.75) is 32.9 Å². The Morgan fingerprint density at radius 1 is 1.47 bits per heavy atom. The molecule has 92 valence electrons. The number of thiophene rings is 1. The standard InChI is InChI=1S/C12H18N4S/c1-9(2)6-16-12(14-8-15-16)5-11(13)10-3-4-17-7-10/h3-4,7-9,11H,5-6,13H2,1-2H3. The fourth-order valence-corrected chi connectivity index (χ4v) is 2.47. The summed E-state index contributed by atoms with van der Waals surface area (Å²) in [6.07, 6.45) is 2.35. The van der Waals surface area contributed by atoms with E-state index in [-0.39, 0.29) is 6.04 Å². The average Bonchev–Trinajstić information content (AvgIpc) is 2.89. The Labute approximate surface area is 105 Å². The van der Waals surface area contributed by atoms with Crippen LogP contribution in [0.25, 0.3) is 0 Å². The third-order valence-corrected chi connectivity index (χ3v) is 3.31. The van der Waals surface area contributed by atoms with Gasteiger partial charge in [-0.05, 0) is 28.3 Å². The zero-order chi connectivity index (χ0) is 12.3. The van der Waals surface area contributed by atoms with Crippen molar-refractivity contribution in [2.75, 3.05) is 0 Å². The van der Waals surface area contributed by atoms with Crippen LogP contribution in [-0.2, 0) is 13.0 Å². The van der Waals surface area contributed by atoms with Gasteiger partial charge in [0.25, 0.3) is 0 Å². The van der Waals surface area contributed by atoms with Gasteiger partial charge in [0.15, 0.2) is 0 Å². The van der Waals surface area contributed by atoms with Crippen LogP contribution in [0.2, 0.25) is 0 Å². The summed E-state index contributed by atoms with van der Waals surface area (Å²) in [5, 5.41) is 8.38. The lowest BCUT2D eigenvalue weighted by Crippen LogP contribution is -2.17.